The van der Waals surface area contributed by atoms with E-state index >= 15 is 0 Å². The number of carbonyl (C=O) groups is 1. The number of rotatable bonds is 4. The molecule has 0 saturated heterocycles. The smallest absolute Gasteiger partial charge is 0.317 e. The minimum absolute atomic E-state index is 0.0688. The molecule has 1 aromatic heterocycles. The van der Waals surface area contributed by atoms with Crippen LogP contribution in [0.15, 0.2) is 17.0 Å². The van der Waals surface area contributed by atoms with E-state index < -0.39 is 5.97 Å². The molecule has 0 aliphatic heterocycles. The number of nitrogens with zero attached hydrogens (tertiary/aromatic N) is 1. The lowest BCUT2D eigenvalue weighted by Gasteiger charge is -1.95. The van der Waals surface area contributed by atoms with Crippen molar-refractivity contribution >= 4 is 5.97 Å². The molecular formula is C6H8N2O3. The molecule has 0 atom stereocenters. The number of oxazole rings is 1. The third kappa shape index (κ3) is 2.81. The van der Waals surface area contributed by atoms with Gasteiger partial charge >= 0.3 is 5.97 Å². The zero-order valence-electron chi connectivity index (χ0n) is 5.78. The minimum atomic E-state index is -0.885. The van der Waals surface area contributed by atoms with Gasteiger partial charge in [-0.15, -0.1) is 0 Å². The van der Waals surface area contributed by atoms with Crippen molar-refractivity contribution in [2.24, 2.45) is 0 Å². The van der Waals surface area contributed by atoms with Crippen LogP contribution in [-0.4, -0.2) is 22.6 Å². The second-order valence-electron chi connectivity index (χ2n) is 1.97. The summed E-state index contributed by atoms with van der Waals surface area (Å²) in [6.45, 7) is 0.326. The van der Waals surface area contributed by atoms with Gasteiger partial charge in [0.15, 0.2) is 6.39 Å². The van der Waals surface area contributed by atoms with E-state index in [1.807, 2.05) is 0 Å². The Balaban J connectivity index is 2.19. The molecular weight excluding hydrogens is 148 g/mol. The topological polar surface area (TPSA) is 75.4 Å². The SMILES string of the molecule is O=C(O)CNCc1cnco1. The summed E-state index contributed by atoms with van der Waals surface area (Å²) >= 11 is 0. The zero-order chi connectivity index (χ0) is 8.10. The summed E-state index contributed by atoms with van der Waals surface area (Å²) in [5.74, 6) is -0.254. The number of hydrogen-bond donors (Lipinski definition) is 2. The van der Waals surface area contributed by atoms with Crippen LogP contribution in [-0.2, 0) is 11.3 Å². The second-order valence-corrected chi connectivity index (χ2v) is 1.97. The molecule has 1 rings (SSSR count). The first kappa shape index (κ1) is 7.74. The molecule has 0 fully saturated rings. The standard InChI is InChI=1S/C6H8N2O3/c9-6(10)3-7-1-5-2-8-4-11-5/h2,4,7H,1,3H2,(H,9,10). The van der Waals surface area contributed by atoms with Crippen molar-refractivity contribution in [3.63, 3.8) is 0 Å². The summed E-state index contributed by atoms with van der Waals surface area (Å²) < 4.78 is 4.85. The largest absolute Gasteiger partial charge is 0.480 e. The van der Waals surface area contributed by atoms with Gasteiger partial charge in [0.1, 0.15) is 5.76 Å². The van der Waals surface area contributed by atoms with E-state index in [1.165, 1.54) is 12.6 Å². The molecule has 0 unspecified atom stereocenters. The summed E-state index contributed by atoms with van der Waals surface area (Å²) in [5, 5.41) is 10.9. The molecule has 5 nitrogen and oxygen atoms in total. The molecule has 0 aliphatic carbocycles. The average Bonchev–Trinajstić information content (AvgIpc) is 2.39. The molecule has 0 saturated carbocycles. The van der Waals surface area contributed by atoms with Gasteiger partial charge in [-0.25, -0.2) is 4.98 Å². The summed E-state index contributed by atoms with van der Waals surface area (Å²) in [6.07, 6.45) is 2.84. The average molecular weight is 156 g/mol. The van der Waals surface area contributed by atoms with Crippen molar-refractivity contribution < 1.29 is 14.3 Å². The van der Waals surface area contributed by atoms with E-state index in [4.69, 9.17) is 9.52 Å². The number of aromatic nitrogens is 1. The number of carboxylic acids is 1. The first-order valence-corrected chi connectivity index (χ1v) is 3.09. The van der Waals surface area contributed by atoms with Crippen LogP contribution >= 0.6 is 0 Å². The minimum Gasteiger partial charge on any atom is -0.480 e. The number of aliphatic carboxylic acids is 1. The van der Waals surface area contributed by atoms with Gasteiger partial charge in [0.2, 0.25) is 0 Å². The highest BCUT2D eigenvalue weighted by Crippen LogP contribution is 1.93. The summed E-state index contributed by atoms with van der Waals surface area (Å²) in [5.41, 5.74) is 0. The Bertz CT molecular complexity index is 220. The van der Waals surface area contributed by atoms with Crippen molar-refractivity contribution in [3.8, 4) is 0 Å². The molecule has 0 radical (unpaired) electrons. The van der Waals surface area contributed by atoms with Crippen LogP contribution in [0.2, 0.25) is 0 Å². The Labute approximate surface area is 63.0 Å². The fourth-order valence-electron chi connectivity index (χ4n) is 0.622. The summed E-state index contributed by atoms with van der Waals surface area (Å²) in [6, 6.07) is 0. The lowest BCUT2D eigenvalue weighted by atomic mass is 10.5. The Kier molecular flexibility index (Phi) is 2.62. The lowest BCUT2D eigenvalue weighted by Crippen LogP contribution is -2.21. The van der Waals surface area contributed by atoms with Gasteiger partial charge < -0.3 is 9.52 Å². The third-order valence-corrected chi connectivity index (χ3v) is 1.06. The monoisotopic (exact) mass is 156 g/mol. The van der Waals surface area contributed by atoms with Crippen molar-refractivity contribution in [2.75, 3.05) is 6.54 Å². The molecule has 1 aromatic rings. The van der Waals surface area contributed by atoms with E-state index in [9.17, 15) is 4.79 Å². The Morgan fingerprint density at radius 1 is 1.82 bits per heavy atom. The zero-order valence-corrected chi connectivity index (χ0v) is 5.78. The maximum Gasteiger partial charge on any atom is 0.317 e. The van der Waals surface area contributed by atoms with Crippen LogP contribution in [0.3, 0.4) is 0 Å². The predicted molar refractivity (Wildman–Crippen MR) is 35.8 cm³/mol. The van der Waals surface area contributed by atoms with Crippen LogP contribution in [0.4, 0.5) is 0 Å². The van der Waals surface area contributed by atoms with Gasteiger partial charge in [0.05, 0.1) is 19.3 Å². The van der Waals surface area contributed by atoms with E-state index in [-0.39, 0.29) is 6.54 Å². The predicted octanol–water partition coefficient (Wildman–Crippen LogP) is -0.151. The highest BCUT2D eigenvalue weighted by Gasteiger charge is 1.97. The second kappa shape index (κ2) is 3.72. The Hall–Kier alpha value is -1.36. The molecule has 0 bridgehead atoms. The molecule has 60 valence electrons. The van der Waals surface area contributed by atoms with Crippen molar-refractivity contribution in [1.82, 2.24) is 10.3 Å². The molecule has 2 N–H and O–H groups in total. The Morgan fingerprint density at radius 2 is 2.64 bits per heavy atom. The van der Waals surface area contributed by atoms with E-state index in [1.54, 1.807) is 0 Å². The van der Waals surface area contributed by atoms with Crippen molar-refractivity contribution in [2.45, 2.75) is 6.54 Å². The highest BCUT2D eigenvalue weighted by atomic mass is 16.4. The van der Waals surface area contributed by atoms with E-state index in [2.05, 4.69) is 10.3 Å². The normalized spacial score (nSPS) is 9.82. The summed E-state index contributed by atoms with van der Waals surface area (Å²) in [4.78, 5) is 13.7. The molecule has 1 heterocycles. The van der Waals surface area contributed by atoms with Crippen LogP contribution in [0.25, 0.3) is 0 Å². The van der Waals surface area contributed by atoms with Crippen LogP contribution < -0.4 is 5.32 Å². The molecule has 0 aliphatic rings. The van der Waals surface area contributed by atoms with Crippen LogP contribution in [0, 0.1) is 0 Å². The number of carboxylic acid groups (broad SMARTS) is 1. The highest BCUT2D eigenvalue weighted by molar-refractivity contribution is 5.68. The summed E-state index contributed by atoms with van der Waals surface area (Å²) in [7, 11) is 0. The van der Waals surface area contributed by atoms with Gasteiger partial charge in [-0.2, -0.15) is 0 Å². The molecule has 0 amide bonds. The molecule has 5 heteroatoms. The maximum absolute atomic E-state index is 10.0. The number of nitrogens with one attached hydrogen (secondary N) is 1. The maximum atomic E-state index is 10.0. The van der Waals surface area contributed by atoms with E-state index in [0.29, 0.717) is 12.3 Å². The molecule has 0 spiro atoms. The van der Waals surface area contributed by atoms with Gasteiger partial charge in [-0.1, -0.05) is 0 Å². The lowest BCUT2D eigenvalue weighted by molar-refractivity contribution is -0.136. The van der Waals surface area contributed by atoms with Gasteiger partial charge in [-0.05, 0) is 0 Å². The van der Waals surface area contributed by atoms with Crippen molar-refractivity contribution in [3.05, 3.63) is 18.4 Å². The van der Waals surface area contributed by atoms with Gasteiger partial charge in [0, 0.05) is 0 Å². The van der Waals surface area contributed by atoms with Crippen LogP contribution in [0.1, 0.15) is 5.76 Å². The molecule has 0 aromatic carbocycles. The first-order chi connectivity index (χ1) is 5.29. The van der Waals surface area contributed by atoms with E-state index in [0.717, 1.165) is 0 Å². The fraction of sp³-hybridized carbons (Fsp3) is 0.333. The fourth-order valence-corrected chi connectivity index (χ4v) is 0.622. The third-order valence-electron chi connectivity index (χ3n) is 1.06. The van der Waals surface area contributed by atoms with Gasteiger partial charge in [0.25, 0.3) is 0 Å². The van der Waals surface area contributed by atoms with Gasteiger partial charge in [-0.3, -0.25) is 10.1 Å². The first-order valence-electron chi connectivity index (χ1n) is 3.09. The Morgan fingerprint density at radius 3 is 3.18 bits per heavy atom. The quantitative estimate of drug-likeness (QED) is 0.634. The molecule has 11 heavy (non-hydrogen) atoms. The number of hydrogen-bond acceptors (Lipinski definition) is 4. The van der Waals surface area contributed by atoms with Crippen LogP contribution in [0.5, 0.6) is 0 Å². The van der Waals surface area contributed by atoms with Crippen molar-refractivity contribution in [1.29, 1.82) is 0 Å².